The molecule has 4 rings (SSSR count). The van der Waals surface area contributed by atoms with Crippen LogP contribution in [0.3, 0.4) is 0 Å². The van der Waals surface area contributed by atoms with Crippen LogP contribution in [0.25, 0.3) is 0 Å². The van der Waals surface area contributed by atoms with Crippen molar-refractivity contribution in [2.24, 2.45) is 0 Å². The van der Waals surface area contributed by atoms with Gasteiger partial charge in [-0.2, -0.15) is 0 Å². The molecule has 7 heteroatoms. The van der Waals surface area contributed by atoms with Crippen molar-refractivity contribution in [3.8, 4) is 0 Å². The lowest BCUT2D eigenvalue weighted by molar-refractivity contribution is 0.870. The Morgan fingerprint density at radius 3 is 1.21 bits per heavy atom. The van der Waals surface area contributed by atoms with E-state index in [-0.39, 0.29) is 0 Å². The second kappa shape index (κ2) is 5.59. The third kappa shape index (κ3) is 2.67. The third-order valence-electron chi connectivity index (χ3n) is 3.57. The molecule has 0 N–H and O–H groups in total. The normalized spacial score (nSPS) is 51.8. The first kappa shape index (κ1) is 16.4. The van der Waals surface area contributed by atoms with Gasteiger partial charge in [-0.15, -0.1) is 70.6 Å². The van der Waals surface area contributed by atoms with Crippen molar-refractivity contribution >= 4 is 86.5 Å². The average Bonchev–Trinajstić information content (AvgIpc) is 2.37. The van der Waals surface area contributed by atoms with Crippen molar-refractivity contribution in [1.29, 1.82) is 0 Å². The Labute approximate surface area is 150 Å². The predicted molar refractivity (Wildman–Crippen MR) is 106 cm³/mol. The molecule has 0 aromatic rings. The van der Waals surface area contributed by atoms with Crippen molar-refractivity contribution in [2.45, 2.75) is 60.1 Å². The molecule has 4 heterocycles. The van der Waals surface area contributed by atoms with Gasteiger partial charge in [0, 0.05) is 5.33 Å². The SMILES string of the molecule is CCC12SC3(CC)SC(CC)(S1)SC(CCBr)(S2)S3. The molecule has 4 aliphatic heterocycles. The van der Waals surface area contributed by atoms with Gasteiger partial charge in [-0.05, 0) is 25.7 Å². The minimum absolute atomic E-state index is 0.382. The summed E-state index contributed by atoms with van der Waals surface area (Å²) in [5, 5.41) is 1.12. The molecule has 4 aliphatic rings. The van der Waals surface area contributed by atoms with E-state index in [1.807, 2.05) is 0 Å². The standard InChI is InChI=1S/C12H19BrS6/c1-4-9-14-10(5-2)16-11(6-3,15-9)19-12(17-9,18-10)7-8-13/h4-8H2,1-3H3. The molecule has 19 heavy (non-hydrogen) atoms. The fourth-order valence-corrected chi connectivity index (χ4v) is 24.8. The Morgan fingerprint density at radius 1 is 0.632 bits per heavy atom. The first-order valence-corrected chi connectivity index (χ1v) is 12.8. The highest BCUT2D eigenvalue weighted by Gasteiger charge is 2.70. The monoisotopic (exact) mass is 434 g/mol. The van der Waals surface area contributed by atoms with E-state index in [2.05, 4.69) is 107 Å². The van der Waals surface area contributed by atoms with E-state index in [1.54, 1.807) is 0 Å². The molecule has 0 nitrogen and oxygen atoms in total. The van der Waals surface area contributed by atoms with Crippen LogP contribution in [0.1, 0.15) is 46.5 Å². The molecule has 0 spiro atoms. The van der Waals surface area contributed by atoms with Gasteiger partial charge in [0.1, 0.15) is 13.6 Å². The Kier molecular flexibility index (Phi) is 4.83. The summed E-state index contributed by atoms with van der Waals surface area (Å²) in [6, 6.07) is 0. The molecule has 0 aromatic carbocycles. The van der Waals surface area contributed by atoms with Gasteiger partial charge in [0.05, 0.1) is 0 Å². The number of halogens is 1. The minimum atomic E-state index is 0.382. The highest BCUT2D eigenvalue weighted by Crippen LogP contribution is 2.90. The van der Waals surface area contributed by atoms with Crippen LogP contribution in [-0.4, -0.2) is 19.0 Å². The first-order valence-electron chi connectivity index (χ1n) is 6.75. The number of hydrogen-bond acceptors (Lipinski definition) is 6. The van der Waals surface area contributed by atoms with Crippen molar-refractivity contribution < 1.29 is 0 Å². The second-order valence-electron chi connectivity index (χ2n) is 4.84. The van der Waals surface area contributed by atoms with Crippen LogP contribution in [0.4, 0.5) is 0 Å². The molecule has 0 amide bonds. The lowest BCUT2D eigenvalue weighted by Crippen LogP contribution is -2.53. The lowest BCUT2D eigenvalue weighted by atomic mass is 10.5. The molecule has 0 radical (unpaired) electrons. The van der Waals surface area contributed by atoms with Gasteiger partial charge in [-0.3, -0.25) is 0 Å². The quantitative estimate of drug-likeness (QED) is 0.421. The molecular weight excluding hydrogens is 416 g/mol. The summed E-state index contributed by atoms with van der Waals surface area (Å²) in [7, 11) is 0. The number of alkyl halides is 1. The maximum absolute atomic E-state index is 3.70. The fraction of sp³-hybridized carbons (Fsp3) is 1.00. The highest BCUT2D eigenvalue weighted by molar-refractivity contribution is 9.09. The van der Waals surface area contributed by atoms with Gasteiger partial charge in [-0.25, -0.2) is 0 Å². The zero-order chi connectivity index (χ0) is 13.8. The summed E-state index contributed by atoms with van der Waals surface area (Å²) in [5.74, 6) is 0. The van der Waals surface area contributed by atoms with Crippen molar-refractivity contribution in [1.82, 2.24) is 0 Å². The van der Waals surface area contributed by atoms with Gasteiger partial charge in [0.15, 0.2) is 0 Å². The topological polar surface area (TPSA) is 0 Å². The van der Waals surface area contributed by atoms with E-state index in [0.717, 1.165) is 5.33 Å². The summed E-state index contributed by atoms with van der Waals surface area (Å²) in [5.41, 5.74) is 0. The van der Waals surface area contributed by atoms with Crippen LogP contribution in [-0.2, 0) is 0 Å². The van der Waals surface area contributed by atoms with Crippen molar-refractivity contribution in [3.05, 3.63) is 0 Å². The van der Waals surface area contributed by atoms with Gasteiger partial charge >= 0.3 is 0 Å². The Balaban J connectivity index is 2.03. The van der Waals surface area contributed by atoms with Gasteiger partial charge in [0.25, 0.3) is 0 Å². The summed E-state index contributed by atoms with van der Waals surface area (Å²) < 4.78 is 1.58. The van der Waals surface area contributed by atoms with Crippen LogP contribution in [0, 0.1) is 0 Å². The molecule has 4 saturated heterocycles. The average molecular weight is 436 g/mol. The molecule has 0 aliphatic carbocycles. The van der Waals surface area contributed by atoms with Gasteiger partial charge in [-0.1, -0.05) is 36.7 Å². The number of rotatable bonds is 5. The Morgan fingerprint density at radius 2 is 0.947 bits per heavy atom. The van der Waals surface area contributed by atoms with E-state index in [9.17, 15) is 0 Å². The molecule has 0 atom stereocenters. The zero-order valence-corrected chi connectivity index (χ0v) is 17.8. The van der Waals surface area contributed by atoms with Crippen LogP contribution >= 0.6 is 86.5 Å². The first-order chi connectivity index (χ1) is 8.99. The van der Waals surface area contributed by atoms with Crippen LogP contribution in [0.15, 0.2) is 0 Å². The maximum Gasteiger partial charge on any atom is 0.114 e. The summed E-state index contributed by atoms with van der Waals surface area (Å²) in [4.78, 5) is 0. The van der Waals surface area contributed by atoms with E-state index in [0.29, 0.717) is 13.6 Å². The number of thioether (sulfide) groups is 6. The molecular formula is C12H19BrS6. The molecule has 0 unspecified atom stereocenters. The Bertz CT molecular complexity index is 317. The van der Waals surface area contributed by atoms with E-state index >= 15 is 0 Å². The maximum atomic E-state index is 3.70. The van der Waals surface area contributed by atoms with Crippen molar-refractivity contribution in [3.63, 3.8) is 0 Å². The van der Waals surface area contributed by atoms with Gasteiger partial charge < -0.3 is 0 Å². The van der Waals surface area contributed by atoms with Crippen LogP contribution in [0.2, 0.25) is 0 Å². The molecule has 110 valence electrons. The Hall–Kier alpha value is 2.58. The van der Waals surface area contributed by atoms with Crippen LogP contribution < -0.4 is 0 Å². The molecule has 0 aromatic heterocycles. The lowest BCUT2D eigenvalue weighted by Gasteiger charge is -2.67. The summed E-state index contributed by atoms with van der Waals surface area (Å²) in [6.07, 6.45) is 5.12. The van der Waals surface area contributed by atoms with Gasteiger partial charge in [0.2, 0.25) is 0 Å². The highest BCUT2D eigenvalue weighted by atomic mass is 79.9. The largest absolute Gasteiger partial charge is 0.114 e. The van der Waals surface area contributed by atoms with E-state index < -0.39 is 0 Å². The van der Waals surface area contributed by atoms with E-state index in [1.165, 1.54) is 25.7 Å². The molecule has 0 saturated carbocycles. The van der Waals surface area contributed by atoms with Crippen molar-refractivity contribution in [2.75, 3.05) is 5.33 Å². The predicted octanol–water partition coefficient (Wildman–Crippen LogP) is 7.06. The molecule has 4 fully saturated rings. The molecule has 4 bridgehead atoms. The third-order valence-corrected chi connectivity index (χ3v) is 16.9. The second-order valence-corrected chi connectivity index (χ2v) is 18.3. The van der Waals surface area contributed by atoms with E-state index in [4.69, 9.17) is 0 Å². The fourth-order valence-electron chi connectivity index (χ4n) is 2.59. The summed E-state index contributed by atoms with van der Waals surface area (Å²) >= 11 is 17.3. The zero-order valence-electron chi connectivity index (χ0n) is 11.4. The summed E-state index contributed by atoms with van der Waals surface area (Å²) in [6.45, 7) is 7.15. The minimum Gasteiger partial charge on any atom is -0.104 e. The van der Waals surface area contributed by atoms with Crippen LogP contribution in [0.5, 0.6) is 0 Å². The number of hydrogen-bond donors (Lipinski definition) is 0. The smallest absolute Gasteiger partial charge is 0.104 e.